The first-order valence-corrected chi connectivity index (χ1v) is 10.0. The number of ether oxygens (including phenoxy) is 2. The van der Waals surface area contributed by atoms with Crippen LogP contribution in [0, 0.1) is 5.92 Å². The van der Waals surface area contributed by atoms with Crippen molar-refractivity contribution >= 4 is 12.0 Å². The molecule has 28 heavy (non-hydrogen) atoms. The maximum absolute atomic E-state index is 12.8. The minimum atomic E-state index is -0.555. The van der Waals surface area contributed by atoms with Crippen molar-refractivity contribution in [2.45, 2.75) is 78.5 Å². The third kappa shape index (κ3) is 8.19. The van der Waals surface area contributed by atoms with E-state index < -0.39 is 11.7 Å². The van der Waals surface area contributed by atoms with Crippen molar-refractivity contribution in [3.05, 3.63) is 29.8 Å². The predicted octanol–water partition coefficient (Wildman–Crippen LogP) is 4.07. The summed E-state index contributed by atoms with van der Waals surface area (Å²) in [4.78, 5) is 24.8. The maximum Gasteiger partial charge on any atom is 0.407 e. The maximum atomic E-state index is 12.8. The first-order valence-electron chi connectivity index (χ1n) is 10.0. The van der Waals surface area contributed by atoms with Crippen molar-refractivity contribution in [3.8, 4) is 5.75 Å². The Morgan fingerprint density at radius 3 is 2.11 bits per heavy atom. The van der Waals surface area contributed by atoms with Crippen molar-refractivity contribution in [2.75, 3.05) is 7.11 Å². The van der Waals surface area contributed by atoms with Gasteiger partial charge in [-0.3, -0.25) is 4.79 Å². The molecule has 0 heterocycles. The van der Waals surface area contributed by atoms with Crippen LogP contribution in [0.2, 0.25) is 0 Å². The molecule has 0 unspecified atom stereocenters. The molecule has 0 aliphatic heterocycles. The van der Waals surface area contributed by atoms with Crippen LogP contribution in [0.4, 0.5) is 4.79 Å². The van der Waals surface area contributed by atoms with Gasteiger partial charge in [0.2, 0.25) is 5.91 Å². The molecule has 0 aromatic heterocycles. The van der Waals surface area contributed by atoms with Crippen LogP contribution in [-0.2, 0) is 16.0 Å². The molecule has 1 aromatic carbocycles. The van der Waals surface area contributed by atoms with E-state index in [1.165, 1.54) is 0 Å². The molecule has 3 atom stereocenters. The fourth-order valence-corrected chi connectivity index (χ4v) is 2.95. The second-order valence-corrected chi connectivity index (χ2v) is 8.12. The molecule has 2 amide bonds. The van der Waals surface area contributed by atoms with Gasteiger partial charge in [-0.2, -0.15) is 0 Å². The third-order valence-electron chi connectivity index (χ3n) is 4.62. The SMILES string of the molecule is CC[C@@H](Cc1ccc(OC)cc1)C(=O)N[C@H](C)[C@@H](CC)NC(=O)OC(C)(C)C. The quantitative estimate of drug-likeness (QED) is 0.664. The predicted molar refractivity (Wildman–Crippen MR) is 112 cm³/mol. The summed E-state index contributed by atoms with van der Waals surface area (Å²) < 4.78 is 10.5. The summed E-state index contributed by atoms with van der Waals surface area (Å²) in [7, 11) is 1.63. The molecular formula is C22H36N2O4. The van der Waals surface area contributed by atoms with Gasteiger partial charge in [0.15, 0.2) is 0 Å². The third-order valence-corrected chi connectivity index (χ3v) is 4.62. The van der Waals surface area contributed by atoms with Crippen LogP contribution in [0.25, 0.3) is 0 Å². The molecule has 1 rings (SSSR count). The molecule has 0 saturated heterocycles. The summed E-state index contributed by atoms with van der Waals surface area (Å²) >= 11 is 0. The minimum Gasteiger partial charge on any atom is -0.497 e. The fourth-order valence-electron chi connectivity index (χ4n) is 2.95. The largest absolute Gasteiger partial charge is 0.497 e. The average molecular weight is 393 g/mol. The molecule has 158 valence electrons. The van der Waals surface area contributed by atoms with Crippen molar-refractivity contribution in [2.24, 2.45) is 5.92 Å². The summed E-state index contributed by atoms with van der Waals surface area (Å²) in [6.07, 6.45) is 1.62. The molecule has 0 aliphatic carbocycles. The van der Waals surface area contributed by atoms with Crippen molar-refractivity contribution in [1.29, 1.82) is 0 Å². The lowest BCUT2D eigenvalue weighted by Crippen LogP contribution is -2.52. The number of hydrogen-bond donors (Lipinski definition) is 2. The van der Waals surface area contributed by atoms with E-state index >= 15 is 0 Å². The first kappa shape index (κ1) is 23.8. The van der Waals surface area contributed by atoms with Crippen molar-refractivity contribution in [1.82, 2.24) is 10.6 Å². The lowest BCUT2D eigenvalue weighted by molar-refractivity contribution is -0.125. The van der Waals surface area contributed by atoms with Gasteiger partial charge in [-0.25, -0.2) is 4.79 Å². The molecule has 2 N–H and O–H groups in total. The molecule has 1 aromatic rings. The Bertz CT molecular complexity index is 622. The number of carbonyl (C=O) groups excluding carboxylic acids is 2. The van der Waals surface area contributed by atoms with Crippen molar-refractivity contribution in [3.63, 3.8) is 0 Å². The summed E-state index contributed by atoms with van der Waals surface area (Å²) in [5, 5.41) is 5.92. The smallest absolute Gasteiger partial charge is 0.407 e. The van der Waals surface area contributed by atoms with E-state index in [4.69, 9.17) is 9.47 Å². The number of alkyl carbamates (subject to hydrolysis) is 1. The molecule has 0 saturated carbocycles. The normalized spacial score (nSPS) is 14.5. The van der Waals surface area contributed by atoms with E-state index in [-0.39, 0.29) is 23.9 Å². The van der Waals surface area contributed by atoms with E-state index in [9.17, 15) is 9.59 Å². The number of benzene rings is 1. The van der Waals surface area contributed by atoms with Crippen LogP contribution >= 0.6 is 0 Å². The van der Waals surface area contributed by atoms with Gasteiger partial charge in [0.25, 0.3) is 0 Å². The second kappa shape index (κ2) is 10.9. The topological polar surface area (TPSA) is 76.7 Å². The molecule has 0 aliphatic rings. The number of hydrogen-bond acceptors (Lipinski definition) is 4. The van der Waals surface area contributed by atoms with Crippen LogP contribution in [0.1, 0.15) is 59.9 Å². The van der Waals surface area contributed by atoms with Gasteiger partial charge in [-0.1, -0.05) is 26.0 Å². The fraction of sp³-hybridized carbons (Fsp3) is 0.636. The van der Waals surface area contributed by atoms with Gasteiger partial charge < -0.3 is 20.1 Å². The Hall–Kier alpha value is -2.24. The Balaban J connectivity index is 2.65. The Kier molecular flexibility index (Phi) is 9.29. The van der Waals surface area contributed by atoms with E-state index in [2.05, 4.69) is 10.6 Å². The number of methoxy groups -OCH3 is 1. The Morgan fingerprint density at radius 2 is 1.64 bits per heavy atom. The lowest BCUT2D eigenvalue weighted by Gasteiger charge is -2.28. The van der Waals surface area contributed by atoms with Crippen LogP contribution < -0.4 is 15.4 Å². The zero-order chi connectivity index (χ0) is 21.3. The van der Waals surface area contributed by atoms with Crippen LogP contribution in [-0.4, -0.2) is 36.8 Å². The molecule has 6 heteroatoms. The van der Waals surface area contributed by atoms with E-state index in [1.54, 1.807) is 7.11 Å². The molecule has 0 spiro atoms. The summed E-state index contributed by atoms with van der Waals surface area (Å²) in [6.45, 7) is 11.4. The number of nitrogens with one attached hydrogen (secondary N) is 2. The lowest BCUT2D eigenvalue weighted by atomic mass is 9.95. The highest BCUT2D eigenvalue weighted by atomic mass is 16.6. The monoisotopic (exact) mass is 392 g/mol. The van der Waals surface area contributed by atoms with Gasteiger partial charge in [0.05, 0.1) is 13.2 Å². The molecule has 0 fully saturated rings. The van der Waals surface area contributed by atoms with E-state index in [0.29, 0.717) is 12.8 Å². The Morgan fingerprint density at radius 1 is 1.04 bits per heavy atom. The standard InChI is InChI=1S/C22H36N2O4/c1-8-17(14-16-10-12-18(27-7)13-11-16)20(25)23-15(3)19(9-2)24-21(26)28-22(4,5)6/h10-13,15,17,19H,8-9,14H2,1-7H3,(H,23,25)(H,24,26)/t15-,17+,19-/m1/s1. The molecular weight excluding hydrogens is 356 g/mol. The molecule has 0 bridgehead atoms. The summed E-state index contributed by atoms with van der Waals surface area (Å²) in [5.41, 5.74) is 0.537. The average Bonchev–Trinajstić information content (AvgIpc) is 2.62. The molecule has 0 radical (unpaired) electrons. The number of amides is 2. The number of carbonyl (C=O) groups is 2. The molecule has 6 nitrogen and oxygen atoms in total. The second-order valence-electron chi connectivity index (χ2n) is 8.12. The summed E-state index contributed by atoms with van der Waals surface area (Å²) in [5.74, 6) is 0.666. The van der Waals surface area contributed by atoms with Gasteiger partial charge in [0.1, 0.15) is 11.4 Å². The zero-order valence-corrected chi connectivity index (χ0v) is 18.3. The number of rotatable bonds is 9. The van der Waals surface area contributed by atoms with Crippen LogP contribution in [0.15, 0.2) is 24.3 Å². The van der Waals surface area contributed by atoms with E-state index in [1.807, 2.05) is 65.8 Å². The zero-order valence-electron chi connectivity index (χ0n) is 18.3. The van der Waals surface area contributed by atoms with Crippen LogP contribution in [0.5, 0.6) is 5.75 Å². The van der Waals surface area contributed by atoms with Crippen LogP contribution in [0.3, 0.4) is 0 Å². The highest BCUT2D eigenvalue weighted by Crippen LogP contribution is 2.17. The minimum absolute atomic E-state index is 0.00439. The van der Waals surface area contributed by atoms with E-state index in [0.717, 1.165) is 17.7 Å². The van der Waals surface area contributed by atoms with Crippen molar-refractivity contribution < 1.29 is 19.1 Å². The van der Waals surface area contributed by atoms with Gasteiger partial charge >= 0.3 is 6.09 Å². The van der Waals surface area contributed by atoms with Gasteiger partial charge in [0, 0.05) is 12.0 Å². The summed E-state index contributed by atoms with van der Waals surface area (Å²) in [6, 6.07) is 7.38. The highest BCUT2D eigenvalue weighted by molar-refractivity contribution is 5.79. The highest BCUT2D eigenvalue weighted by Gasteiger charge is 2.25. The van der Waals surface area contributed by atoms with Gasteiger partial charge in [-0.15, -0.1) is 0 Å². The van der Waals surface area contributed by atoms with Gasteiger partial charge in [-0.05, 0) is 64.7 Å². The Labute approximate surface area is 169 Å². The first-order chi connectivity index (χ1) is 13.1.